The molecule has 1 amide bonds. The Morgan fingerprint density at radius 1 is 1.32 bits per heavy atom. The Labute approximate surface area is 118 Å². The fourth-order valence-electron chi connectivity index (χ4n) is 1.59. The van der Waals surface area contributed by atoms with Crippen LogP contribution in [0.5, 0.6) is 5.75 Å². The van der Waals surface area contributed by atoms with E-state index in [1.54, 1.807) is 26.0 Å². The molecule has 0 aliphatic rings. The molecular weight excluding hydrogens is 262 g/mol. The third-order valence-electron chi connectivity index (χ3n) is 2.48. The number of ether oxygens (including phenoxy) is 2. The molecule has 1 aromatic carbocycles. The van der Waals surface area contributed by atoms with Gasteiger partial charge in [-0.2, -0.15) is 0 Å². The first-order valence-corrected chi connectivity index (χ1v) is 7.30. The van der Waals surface area contributed by atoms with Gasteiger partial charge >= 0.3 is 0 Å². The van der Waals surface area contributed by atoms with Crippen LogP contribution in [0.4, 0.5) is 0 Å². The average Bonchev–Trinajstić information content (AvgIpc) is 2.39. The van der Waals surface area contributed by atoms with E-state index in [0.717, 1.165) is 11.5 Å². The number of methoxy groups -OCH3 is 2. The van der Waals surface area contributed by atoms with E-state index in [0.29, 0.717) is 12.4 Å². The molecule has 0 bridgehead atoms. The Bertz CT molecular complexity index is 381. The topological polar surface area (TPSA) is 47.6 Å². The number of thioether (sulfide) groups is 1. The van der Waals surface area contributed by atoms with Crippen molar-refractivity contribution >= 4 is 17.7 Å². The lowest BCUT2D eigenvalue weighted by molar-refractivity contribution is -0.119. The first kappa shape index (κ1) is 15.9. The second-order valence-electron chi connectivity index (χ2n) is 4.26. The molecule has 0 fully saturated rings. The maximum Gasteiger partial charge on any atom is 0.230 e. The lowest BCUT2D eigenvalue weighted by Gasteiger charge is -2.12. The molecule has 4 nitrogen and oxygen atoms in total. The zero-order valence-corrected chi connectivity index (χ0v) is 12.5. The standard InChI is InChI=1S/C14H21NO3S/c1-11(8-17-2)15-14(16)10-19-9-12-4-6-13(18-3)7-5-12/h4-7,11H,8-10H2,1-3H3,(H,15,16)/t11-/m0/s1. The highest BCUT2D eigenvalue weighted by Crippen LogP contribution is 2.16. The predicted molar refractivity (Wildman–Crippen MR) is 78.6 cm³/mol. The van der Waals surface area contributed by atoms with Crippen molar-refractivity contribution in [3.05, 3.63) is 29.8 Å². The molecule has 0 spiro atoms. The van der Waals surface area contributed by atoms with Crippen molar-refractivity contribution in [1.82, 2.24) is 5.32 Å². The van der Waals surface area contributed by atoms with Crippen LogP contribution >= 0.6 is 11.8 Å². The van der Waals surface area contributed by atoms with E-state index < -0.39 is 0 Å². The monoisotopic (exact) mass is 283 g/mol. The summed E-state index contributed by atoms with van der Waals surface area (Å²) in [4.78, 5) is 11.6. The molecule has 0 unspecified atom stereocenters. The second-order valence-corrected chi connectivity index (χ2v) is 5.25. The lowest BCUT2D eigenvalue weighted by atomic mass is 10.2. The van der Waals surface area contributed by atoms with Crippen molar-refractivity contribution in [1.29, 1.82) is 0 Å². The van der Waals surface area contributed by atoms with Gasteiger partial charge in [-0.05, 0) is 24.6 Å². The quantitative estimate of drug-likeness (QED) is 0.793. The number of amides is 1. The molecule has 1 atom stereocenters. The maximum absolute atomic E-state index is 11.6. The van der Waals surface area contributed by atoms with E-state index in [1.807, 2.05) is 31.2 Å². The summed E-state index contributed by atoms with van der Waals surface area (Å²) in [6.07, 6.45) is 0. The van der Waals surface area contributed by atoms with E-state index in [4.69, 9.17) is 9.47 Å². The Morgan fingerprint density at radius 3 is 2.58 bits per heavy atom. The van der Waals surface area contributed by atoms with Crippen LogP contribution in [0.1, 0.15) is 12.5 Å². The van der Waals surface area contributed by atoms with Crippen LogP contribution in [0.15, 0.2) is 24.3 Å². The minimum Gasteiger partial charge on any atom is -0.497 e. The molecular formula is C14H21NO3S. The Hall–Kier alpha value is -1.20. The van der Waals surface area contributed by atoms with Gasteiger partial charge in [0.05, 0.1) is 19.5 Å². The van der Waals surface area contributed by atoms with Gasteiger partial charge in [0.2, 0.25) is 5.91 Å². The fourth-order valence-corrected chi connectivity index (χ4v) is 2.39. The first-order valence-electron chi connectivity index (χ1n) is 6.14. The van der Waals surface area contributed by atoms with Crippen molar-refractivity contribution in [2.75, 3.05) is 26.6 Å². The molecule has 1 rings (SSSR count). The fraction of sp³-hybridized carbons (Fsp3) is 0.500. The summed E-state index contributed by atoms with van der Waals surface area (Å²) in [5.41, 5.74) is 1.18. The molecule has 1 aromatic rings. The third kappa shape index (κ3) is 6.50. The molecule has 0 aliphatic carbocycles. The average molecular weight is 283 g/mol. The van der Waals surface area contributed by atoms with Crippen LogP contribution in [-0.4, -0.2) is 38.5 Å². The summed E-state index contributed by atoms with van der Waals surface area (Å²) in [7, 11) is 3.27. The molecule has 1 N–H and O–H groups in total. The lowest BCUT2D eigenvalue weighted by Crippen LogP contribution is -2.36. The zero-order chi connectivity index (χ0) is 14.1. The number of carbonyl (C=O) groups is 1. The molecule has 0 heterocycles. The van der Waals surface area contributed by atoms with Crippen LogP contribution < -0.4 is 10.1 Å². The van der Waals surface area contributed by atoms with Gasteiger partial charge in [-0.25, -0.2) is 0 Å². The van der Waals surface area contributed by atoms with Gasteiger partial charge in [0.25, 0.3) is 0 Å². The van der Waals surface area contributed by atoms with Crippen molar-refractivity contribution in [3.63, 3.8) is 0 Å². The first-order chi connectivity index (χ1) is 9.15. The number of nitrogens with one attached hydrogen (secondary N) is 1. The summed E-state index contributed by atoms with van der Waals surface area (Å²) in [6, 6.07) is 7.93. The van der Waals surface area contributed by atoms with Gasteiger partial charge in [0.1, 0.15) is 5.75 Å². The van der Waals surface area contributed by atoms with Gasteiger partial charge in [0.15, 0.2) is 0 Å². The van der Waals surface area contributed by atoms with Crippen LogP contribution in [0.25, 0.3) is 0 Å². The van der Waals surface area contributed by atoms with E-state index >= 15 is 0 Å². The number of benzene rings is 1. The Morgan fingerprint density at radius 2 is 2.00 bits per heavy atom. The molecule has 0 aromatic heterocycles. The van der Waals surface area contributed by atoms with E-state index in [-0.39, 0.29) is 11.9 Å². The molecule has 5 heteroatoms. The number of carbonyl (C=O) groups excluding carboxylic acids is 1. The highest BCUT2D eigenvalue weighted by molar-refractivity contribution is 7.99. The molecule has 106 valence electrons. The van der Waals surface area contributed by atoms with Crippen molar-refractivity contribution in [2.24, 2.45) is 0 Å². The molecule has 19 heavy (non-hydrogen) atoms. The summed E-state index contributed by atoms with van der Waals surface area (Å²) < 4.78 is 10.1. The minimum atomic E-state index is 0.0445. The van der Waals surface area contributed by atoms with Crippen LogP contribution in [0, 0.1) is 0 Å². The summed E-state index contributed by atoms with van der Waals surface area (Å²) in [6.45, 7) is 2.46. The van der Waals surface area contributed by atoms with Crippen molar-refractivity contribution in [3.8, 4) is 5.75 Å². The molecule has 0 saturated heterocycles. The van der Waals surface area contributed by atoms with Crippen LogP contribution in [0.3, 0.4) is 0 Å². The second kappa shape index (κ2) is 8.82. The Kier molecular flexibility index (Phi) is 7.36. The normalized spacial score (nSPS) is 11.9. The van der Waals surface area contributed by atoms with Gasteiger partial charge in [-0.15, -0.1) is 11.8 Å². The molecule has 0 aliphatic heterocycles. The van der Waals surface area contributed by atoms with Gasteiger partial charge in [-0.3, -0.25) is 4.79 Å². The van der Waals surface area contributed by atoms with E-state index in [2.05, 4.69) is 5.32 Å². The largest absolute Gasteiger partial charge is 0.497 e. The predicted octanol–water partition coefficient (Wildman–Crippen LogP) is 2.08. The van der Waals surface area contributed by atoms with E-state index in [9.17, 15) is 4.79 Å². The van der Waals surface area contributed by atoms with Gasteiger partial charge in [0, 0.05) is 18.9 Å². The minimum absolute atomic E-state index is 0.0445. The van der Waals surface area contributed by atoms with Crippen molar-refractivity contribution < 1.29 is 14.3 Å². The highest BCUT2D eigenvalue weighted by atomic mass is 32.2. The Balaban J connectivity index is 2.23. The number of rotatable bonds is 8. The zero-order valence-electron chi connectivity index (χ0n) is 11.6. The summed E-state index contributed by atoms with van der Waals surface area (Å²) >= 11 is 1.59. The van der Waals surface area contributed by atoms with E-state index in [1.165, 1.54) is 5.56 Å². The SMILES string of the molecule is COC[C@H](C)NC(=O)CSCc1ccc(OC)cc1. The summed E-state index contributed by atoms with van der Waals surface area (Å²) in [5, 5.41) is 2.88. The van der Waals surface area contributed by atoms with Crippen molar-refractivity contribution in [2.45, 2.75) is 18.7 Å². The maximum atomic E-state index is 11.6. The number of hydrogen-bond acceptors (Lipinski definition) is 4. The van der Waals surface area contributed by atoms with Gasteiger partial charge in [-0.1, -0.05) is 12.1 Å². The third-order valence-corrected chi connectivity index (χ3v) is 3.49. The van der Waals surface area contributed by atoms with Gasteiger partial charge < -0.3 is 14.8 Å². The van der Waals surface area contributed by atoms with Crippen LogP contribution in [-0.2, 0) is 15.3 Å². The van der Waals surface area contributed by atoms with Crippen LogP contribution in [0.2, 0.25) is 0 Å². The molecule has 0 radical (unpaired) electrons. The number of hydrogen-bond donors (Lipinski definition) is 1. The molecule has 0 saturated carbocycles. The smallest absolute Gasteiger partial charge is 0.230 e. The highest BCUT2D eigenvalue weighted by Gasteiger charge is 2.06. The summed E-state index contributed by atoms with van der Waals surface area (Å²) in [5.74, 6) is 2.17.